The minimum atomic E-state index is -0.356. The number of aromatic amines is 1. The van der Waals surface area contributed by atoms with Crippen molar-refractivity contribution in [2.45, 2.75) is 13.3 Å². The Hall–Kier alpha value is -3.22. The van der Waals surface area contributed by atoms with E-state index in [-0.39, 0.29) is 22.7 Å². The van der Waals surface area contributed by atoms with Gasteiger partial charge in [0.15, 0.2) is 11.2 Å². The lowest BCUT2D eigenvalue weighted by Crippen LogP contribution is -2.35. The summed E-state index contributed by atoms with van der Waals surface area (Å²) < 4.78 is 1.36. The molecule has 1 aliphatic heterocycles. The summed E-state index contributed by atoms with van der Waals surface area (Å²) in [7, 11) is 0. The number of nitrogens with zero attached hydrogens (tertiary/aromatic N) is 4. The van der Waals surface area contributed by atoms with Crippen LogP contribution in [0, 0.1) is 6.92 Å². The summed E-state index contributed by atoms with van der Waals surface area (Å²) in [5.41, 5.74) is 2.99. The predicted octanol–water partition coefficient (Wildman–Crippen LogP) is 1.66. The molecule has 2 aromatic heterocycles. The molecule has 1 N–H and O–H groups in total. The fraction of sp³-hybridized carbons (Fsp3) is 0.222. The summed E-state index contributed by atoms with van der Waals surface area (Å²) in [5, 5.41) is 7.83. The van der Waals surface area contributed by atoms with E-state index < -0.39 is 0 Å². The van der Waals surface area contributed by atoms with Crippen LogP contribution in [0.2, 0.25) is 0 Å². The van der Waals surface area contributed by atoms with E-state index in [2.05, 4.69) is 33.5 Å². The number of aromatic nitrogens is 4. The molecular formula is C18H17N5O2. The van der Waals surface area contributed by atoms with Gasteiger partial charge in [-0.15, -0.1) is 5.10 Å². The fourth-order valence-electron chi connectivity index (χ4n) is 3.11. The molecule has 7 heteroatoms. The van der Waals surface area contributed by atoms with Gasteiger partial charge in [-0.25, -0.2) is 4.52 Å². The lowest BCUT2D eigenvalue weighted by Gasteiger charge is -2.26. The zero-order valence-electron chi connectivity index (χ0n) is 13.8. The van der Waals surface area contributed by atoms with E-state index in [1.807, 2.05) is 18.2 Å². The molecular weight excluding hydrogens is 318 g/mol. The molecule has 7 nitrogen and oxygen atoms in total. The molecule has 0 fully saturated rings. The number of fused-ring (bicyclic) bond motifs is 1. The van der Waals surface area contributed by atoms with E-state index in [0.29, 0.717) is 18.8 Å². The number of H-pyrrole nitrogens is 1. The second-order valence-electron chi connectivity index (χ2n) is 6.09. The summed E-state index contributed by atoms with van der Waals surface area (Å²) in [6.07, 6.45) is 4.46. The number of carbonyl (C=O) groups is 1. The van der Waals surface area contributed by atoms with E-state index in [1.54, 1.807) is 18.0 Å². The van der Waals surface area contributed by atoms with Crippen LogP contribution in [0.1, 0.15) is 28.2 Å². The van der Waals surface area contributed by atoms with Crippen LogP contribution in [-0.2, 0) is 0 Å². The molecule has 0 atom stereocenters. The topological polar surface area (TPSA) is 83.4 Å². The molecule has 0 bridgehead atoms. The van der Waals surface area contributed by atoms with Gasteiger partial charge in [0.2, 0.25) is 0 Å². The molecule has 3 aromatic rings. The average molecular weight is 335 g/mol. The number of amides is 1. The normalized spacial score (nSPS) is 14.6. The van der Waals surface area contributed by atoms with Crippen molar-refractivity contribution in [3.05, 3.63) is 69.9 Å². The summed E-state index contributed by atoms with van der Waals surface area (Å²) in [6, 6.07) is 10.1. The van der Waals surface area contributed by atoms with Crippen LogP contribution in [0.3, 0.4) is 0 Å². The maximum absolute atomic E-state index is 12.8. The highest BCUT2D eigenvalue weighted by atomic mass is 16.2. The standard InChI is InChI=1S/C18H17N5O2/c1-12-11-23-16(17(24)19-12)15(20-21-23)18(25)22-9-7-14(8-10-22)13-5-3-2-4-6-13/h2-7,11H,8-10H2,1H3,(H,19,24). The molecule has 0 saturated carbocycles. The highest BCUT2D eigenvalue weighted by molar-refractivity contribution is 5.98. The van der Waals surface area contributed by atoms with Gasteiger partial charge in [0.1, 0.15) is 0 Å². The summed E-state index contributed by atoms with van der Waals surface area (Å²) in [4.78, 5) is 29.3. The third-order valence-corrected chi connectivity index (χ3v) is 4.38. The molecule has 0 saturated heterocycles. The Morgan fingerprint density at radius 3 is 2.76 bits per heavy atom. The zero-order valence-corrected chi connectivity index (χ0v) is 13.8. The quantitative estimate of drug-likeness (QED) is 0.772. The van der Waals surface area contributed by atoms with Crippen LogP contribution in [-0.4, -0.2) is 43.7 Å². The molecule has 25 heavy (non-hydrogen) atoms. The molecule has 0 radical (unpaired) electrons. The van der Waals surface area contributed by atoms with E-state index in [1.165, 1.54) is 15.7 Å². The van der Waals surface area contributed by atoms with E-state index >= 15 is 0 Å². The van der Waals surface area contributed by atoms with Crippen molar-refractivity contribution >= 4 is 17.0 Å². The minimum Gasteiger partial charge on any atom is -0.333 e. The molecule has 0 spiro atoms. The third-order valence-electron chi connectivity index (χ3n) is 4.38. The van der Waals surface area contributed by atoms with Gasteiger partial charge in [0.05, 0.1) is 6.20 Å². The Morgan fingerprint density at radius 2 is 2.04 bits per heavy atom. The molecule has 1 aliphatic rings. The first-order chi connectivity index (χ1) is 12.1. The van der Waals surface area contributed by atoms with E-state index in [4.69, 9.17) is 0 Å². The van der Waals surface area contributed by atoms with Crippen molar-refractivity contribution in [2.24, 2.45) is 0 Å². The summed E-state index contributed by atoms with van der Waals surface area (Å²) in [5.74, 6) is -0.271. The Morgan fingerprint density at radius 1 is 1.24 bits per heavy atom. The number of nitrogens with one attached hydrogen (secondary N) is 1. The monoisotopic (exact) mass is 335 g/mol. The van der Waals surface area contributed by atoms with E-state index in [0.717, 1.165) is 6.42 Å². The van der Waals surface area contributed by atoms with Crippen molar-refractivity contribution in [3.63, 3.8) is 0 Å². The second-order valence-corrected chi connectivity index (χ2v) is 6.09. The lowest BCUT2D eigenvalue weighted by molar-refractivity contribution is 0.0769. The second kappa shape index (κ2) is 6.01. The number of carbonyl (C=O) groups excluding carboxylic acids is 1. The van der Waals surface area contributed by atoms with E-state index in [9.17, 15) is 9.59 Å². The van der Waals surface area contributed by atoms with Gasteiger partial charge >= 0.3 is 0 Å². The maximum atomic E-state index is 12.8. The average Bonchev–Trinajstić information content (AvgIpc) is 3.06. The molecule has 4 rings (SSSR count). The Kier molecular flexibility index (Phi) is 3.68. The molecule has 0 aliphatic carbocycles. The molecule has 0 unspecified atom stereocenters. The SMILES string of the molecule is Cc1cn2nnc(C(=O)N3CC=C(c4ccccc4)CC3)c2c(=O)[nH]1. The number of hydrogen-bond acceptors (Lipinski definition) is 4. The van der Waals surface area contributed by atoms with Crippen molar-refractivity contribution in [3.8, 4) is 0 Å². The van der Waals surface area contributed by atoms with Crippen LogP contribution in [0.15, 0.2) is 47.4 Å². The lowest BCUT2D eigenvalue weighted by atomic mass is 9.99. The Bertz CT molecular complexity index is 1030. The van der Waals surface area contributed by atoms with Crippen molar-refractivity contribution in [1.82, 2.24) is 24.7 Å². The van der Waals surface area contributed by atoms with Gasteiger partial charge in [-0.05, 0) is 24.5 Å². The smallest absolute Gasteiger partial charge is 0.277 e. The highest BCUT2D eigenvalue weighted by Gasteiger charge is 2.25. The fourth-order valence-corrected chi connectivity index (χ4v) is 3.11. The summed E-state index contributed by atoms with van der Waals surface area (Å²) in [6.45, 7) is 2.83. The van der Waals surface area contributed by atoms with Crippen LogP contribution in [0.25, 0.3) is 11.1 Å². The van der Waals surface area contributed by atoms with Gasteiger partial charge in [0.25, 0.3) is 11.5 Å². The first kappa shape index (κ1) is 15.3. The minimum absolute atomic E-state index is 0.0952. The number of hydrogen-bond donors (Lipinski definition) is 1. The van der Waals surface area contributed by atoms with Gasteiger partial charge in [-0.3, -0.25) is 9.59 Å². The van der Waals surface area contributed by atoms with Crippen LogP contribution in [0.4, 0.5) is 0 Å². The molecule has 3 heterocycles. The third kappa shape index (κ3) is 2.73. The highest BCUT2D eigenvalue weighted by Crippen LogP contribution is 2.23. The van der Waals surface area contributed by atoms with Crippen LogP contribution in [0.5, 0.6) is 0 Å². The Labute approximate surface area is 143 Å². The van der Waals surface area contributed by atoms with Crippen molar-refractivity contribution < 1.29 is 4.79 Å². The van der Waals surface area contributed by atoms with Crippen LogP contribution >= 0.6 is 0 Å². The first-order valence-electron chi connectivity index (χ1n) is 8.12. The van der Waals surface area contributed by atoms with Crippen molar-refractivity contribution in [2.75, 3.05) is 13.1 Å². The molecule has 126 valence electrons. The van der Waals surface area contributed by atoms with Gasteiger partial charge in [-0.2, -0.15) is 0 Å². The predicted molar refractivity (Wildman–Crippen MR) is 93.3 cm³/mol. The summed E-state index contributed by atoms with van der Waals surface area (Å²) >= 11 is 0. The number of benzene rings is 1. The largest absolute Gasteiger partial charge is 0.333 e. The molecule has 1 aromatic carbocycles. The maximum Gasteiger partial charge on any atom is 0.277 e. The number of rotatable bonds is 2. The van der Waals surface area contributed by atoms with Gasteiger partial charge < -0.3 is 9.88 Å². The Balaban J connectivity index is 1.61. The van der Waals surface area contributed by atoms with Crippen LogP contribution < -0.4 is 5.56 Å². The number of aryl methyl sites for hydroxylation is 1. The van der Waals surface area contributed by atoms with Gasteiger partial charge in [-0.1, -0.05) is 41.6 Å². The molecule has 1 amide bonds. The first-order valence-corrected chi connectivity index (χ1v) is 8.12. The van der Waals surface area contributed by atoms with Crippen molar-refractivity contribution in [1.29, 1.82) is 0 Å². The zero-order chi connectivity index (χ0) is 17.4. The van der Waals surface area contributed by atoms with Gasteiger partial charge in [0, 0.05) is 18.8 Å².